The third-order valence-corrected chi connectivity index (χ3v) is 2.33. The monoisotopic (exact) mass is 233 g/mol. The average molecular weight is 233 g/mol. The lowest BCUT2D eigenvalue weighted by Crippen LogP contribution is -2.02. The second kappa shape index (κ2) is 4.88. The number of hydrogen-bond acceptors (Lipinski definition) is 4. The van der Waals surface area contributed by atoms with Crippen molar-refractivity contribution >= 4 is 0 Å². The Balaban J connectivity index is 2.31. The Kier molecular flexibility index (Phi) is 3.30. The van der Waals surface area contributed by atoms with Gasteiger partial charge in [-0.05, 0) is 36.8 Å². The van der Waals surface area contributed by atoms with Gasteiger partial charge in [0.25, 0.3) is 0 Å². The first-order chi connectivity index (χ1) is 8.20. The summed E-state index contributed by atoms with van der Waals surface area (Å²) in [5.41, 5.74) is 7.01. The smallest absolute Gasteiger partial charge is 0.243 e. The van der Waals surface area contributed by atoms with Gasteiger partial charge >= 0.3 is 0 Å². The summed E-state index contributed by atoms with van der Waals surface area (Å²) in [7, 11) is 0. The van der Waals surface area contributed by atoms with E-state index in [9.17, 15) is 4.39 Å². The van der Waals surface area contributed by atoms with E-state index < -0.39 is 0 Å². The summed E-state index contributed by atoms with van der Waals surface area (Å²) < 4.78 is 18.5. The van der Waals surface area contributed by atoms with Crippen LogP contribution >= 0.6 is 0 Å². The second-order valence-electron chi connectivity index (χ2n) is 3.58. The minimum absolute atomic E-state index is 0.298. The first-order valence-electron chi connectivity index (χ1n) is 5.15. The zero-order chi connectivity index (χ0) is 12.3. The molecule has 0 amide bonds. The van der Waals surface area contributed by atoms with Crippen LogP contribution in [0.15, 0.2) is 30.5 Å². The highest BCUT2D eigenvalue weighted by Crippen LogP contribution is 2.25. The Morgan fingerprint density at radius 2 is 2.18 bits per heavy atom. The molecule has 0 unspecified atom stereocenters. The quantitative estimate of drug-likeness (QED) is 0.882. The standard InChI is InChI=1S/C12H12FN3O/c1-8-6-10(13)2-3-11(8)17-12-9(7-14)4-5-15-16-12/h2-6H,7,14H2,1H3. The van der Waals surface area contributed by atoms with Gasteiger partial charge in [-0.1, -0.05) is 0 Å². The van der Waals surface area contributed by atoms with Crippen LogP contribution in [0.1, 0.15) is 11.1 Å². The number of nitrogens with two attached hydrogens (primary N) is 1. The SMILES string of the molecule is Cc1cc(F)ccc1Oc1nnccc1CN. The summed E-state index contributed by atoms with van der Waals surface area (Å²) in [5.74, 6) is 0.597. The minimum atomic E-state index is -0.298. The van der Waals surface area contributed by atoms with Gasteiger partial charge in [0.15, 0.2) is 0 Å². The van der Waals surface area contributed by atoms with Crippen molar-refractivity contribution in [3.8, 4) is 11.6 Å². The van der Waals surface area contributed by atoms with E-state index in [-0.39, 0.29) is 5.82 Å². The molecule has 0 radical (unpaired) electrons. The number of rotatable bonds is 3. The van der Waals surface area contributed by atoms with Crippen LogP contribution in [0.4, 0.5) is 4.39 Å². The van der Waals surface area contributed by atoms with E-state index in [0.29, 0.717) is 23.7 Å². The number of ether oxygens (including phenoxy) is 1. The highest BCUT2D eigenvalue weighted by atomic mass is 19.1. The molecule has 2 N–H and O–H groups in total. The van der Waals surface area contributed by atoms with Crippen molar-refractivity contribution in [1.29, 1.82) is 0 Å². The molecule has 1 aromatic heterocycles. The molecule has 0 saturated carbocycles. The van der Waals surface area contributed by atoms with Gasteiger partial charge in [0.2, 0.25) is 5.88 Å². The molecule has 0 aliphatic heterocycles. The van der Waals surface area contributed by atoms with Gasteiger partial charge in [0.05, 0.1) is 6.20 Å². The number of halogens is 1. The summed E-state index contributed by atoms with van der Waals surface area (Å²) in [6.45, 7) is 2.07. The molecule has 17 heavy (non-hydrogen) atoms. The van der Waals surface area contributed by atoms with Crippen LogP contribution < -0.4 is 10.5 Å². The van der Waals surface area contributed by atoms with Crippen LogP contribution in [0.25, 0.3) is 0 Å². The van der Waals surface area contributed by atoms with Gasteiger partial charge in [-0.15, -0.1) is 5.10 Å². The maximum Gasteiger partial charge on any atom is 0.243 e. The van der Waals surface area contributed by atoms with E-state index in [1.807, 2.05) is 0 Å². The fourth-order valence-corrected chi connectivity index (χ4v) is 1.42. The second-order valence-corrected chi connectivity index (χ2v) is 3.58. The Morgan fingerprint density at radius 1 is 1.35 bits per heavy atom. The van der Waals surface area contributed by atoms with Crippen molar-refractivity contribution in [2.75, 3.05) is 0 Å². The third kappa shape index (κ3) is 2.57. The van der Waals surface area contributed by atoms with Crippen LogP contribution in [0.2, 0.25) is 0 Å². The zero-order valence-electron chi connectivity index (χ0n) is 9.35. The lowest BCUT2D eigenvalue weighted by atomic mass is 10.2. The summed E-state index contributed by atoms with van der Waals surface area (Å²) in [6, 6.07) is 6.02. The lowest BCUT2D eigenvalue weighted by Gasteiger charge is -2.09. The molecular weight excluding hydrogens is 221 g/mol. The first kappa shape index (κ1) is 11.5. The van der Waals surface area contributed by atoms with Gasteiger partial charge in [-0.25, -0.2) is 4.39 Å². The predicted octanol–water partition coefficient (Wildman–Crippen LogP) is 2.18. The molecule has 0 aliphatic rings. The van der Waals surface area contributed by atoms with Crippen LogP contribution in [0.3, 0.4) is 0 Å². The molecule has 1 aromatic carbocycles. The lowest BCUT2D eigenvalue weighted by molar-refractivity contribution is 0.443. The Labute approximate surface area is 98.2 Å². The third-order valence-electron chi connectivity index (χ3n) is 2.33. The van der Waals surface area contributed by atoms with Crippen LogP contribution in [-0.4, -0.2) is 10.2 Å². The molecule has 0 fully saturated rings. The minimum Gasteiger partial charge on any atom is -0.437 e. The highest BCUT2D eigenvalue weighted by Gasteiger charge is 2.07. The van der Waals surface area contributed by atoms with Gasteiger partial charge in [-0.3, -0.25) is 0 Å². The van der Waals surface area contributed by atoms with Crippen molar-refractivity contribution < 1.29 is 9.13 Å². The van der Waals surface area contributed by atoms with E-state index in [0.717, 1.165) is 5.56 Å². The van der Waals surface area contributed by atoms with Gasteiger partial charge in [-0.2, -0.15) is 5.10 Å². The molecule has 0 saturated heterocycles. The summed E-state index contributed by atoms with van der Waals surface area (Å²) in [4.78, 5) is 0. The molecule has 0 atom stereocenters. The highest BCUT2D eigenvalue weighted by molar-refractivity contribution is 5.37. The summed E-state index contributed by atoms with van der Waals surface area (Å²) >= 11 is 0. The molecule has 5 heteroatoms. The van der Waals surface area contributed by atoms with E-state index in [1.54, 1.807) is 25.3 Å². The molecular formula is C12H12FN3O. The Bertz CT molecular complexity index is 531. The Morgan fingerprint density at radius 3 is 2.88 bits per heavy atom. The molecule has 2 aromatic rings. The molecule has 4 nitrogen and oxygen atoms in total. The molecule has 2 rings (SSSR count). The molecule has 1 heterocycles. The maximum atomic E-state index is 12.9. The fraction of sp³-hybridized carbons (Fsp3) is 0.167. The maximum absolute atomic E-state index is 12.9. The van der Waals surface area contributed by atoms with Crippen molar-refractivity contribution in [2.45, 2.75) is 13.5 Å². The molecule has 0 aliphatic carbocycles. The average Bonchev–Trinajstić information content (AvgIpc) is 2.33. The van der Waals surface area contributed by atoms with Crippen molar-refractivity contribution in [3.63, 3.8) is 0 Å². The largest absolute Gasteiger partial charge is 0.437 e. The normalized spacial score (nSPS) is 10.3. The topological polar surface area (TPSA) is 61.0 Å². The van der Waals surface area contributed by atoms with E-state index in [4.69, 9.17) is 10.5 Å². The molecule has 88 valence electrons. The van der Waals surface area contributed by atoms with E-state index >= 15 is 0 Å². The van der Waals surface area contributed by atoms with E-state index in [1.165, 1.54) is 12.1 Å². The first-order valence-corrected chi connectivity index (χ1v) is 5.15. The summed E-state index contributed by atoms with van der Waals surface area (Å²) in [5, 5.41) is 7.59. The molecule has 0 spiro atoms. The number of benzene rings is 1. The van der Waals surface area contributed by atoms with Gasteiger partial charge < -0.3 is 10.5 Å². The molecule has 0 bridgehead atoms. The summed E-state index contributed by atoms with van der Waals surface area (Å²) in [6.07, 6.45) is 1.55. The predicted molar refractivity (Wildman–Crippen MR) is 61.1 cm³/mol. The van der Waals surface area contributed by atoms with Crippen molar-refractivity contribution in [3.05, 3.63) is 47.4 Å². The van der Waals surface area contributed by atoms with Crippen LogP contribution in [0.5, 0.6) is 11.6 Å². The Hall–Kier alpha value is -2.01. The number of aryl methyl sites for hydroxylation is 1. The van der Waals surface area contributed by atoms with Crippen molar-refractivity contribution in [2.24, 2.45) is 5.73 Å². The number of aromatic nitrogens is 2. The van der Waals surface area contributed by atoms with Gasteiger partial charge in [0, 0.05) is 12.1 Å². The van der Waals surface area contributed by atoms with E-state index in [2.05, 4.69) is 10.2 Å². The van der Waals surface area contributed by atoms with Crippen LogP contribution in [-0.2, 0) is 6.54 Å². The number of hydrogen-bond donors (Lipinski definition) is 1. The number of nitrogens with zero attached hydrogens (tertiary/aromatic N) is 2. The fourth-order valence-electron chi connectivity index (χ4n) is 1.42. The van der Waals surface area contributed by atoms with Crippen molar-refractivity contribution in [1.82, 2.24) is 10.2 Å². The van der Waals surface area contributed by atoms with Gasteiger partial charge in [0.1, 0.15) is 11.6 Å². The zero-order valence-corrected chi connectivity index (χ0v) is 9.35. The van der Waals surface area contributed by atoms with Crippen LogP contribution in [0, 0.1) is 12.7 Å².